The molecule has 1 rings (SSSR count). The van der Waals surface area contributed by atoms with E-state index in [4.69, 9.17) is 0 Å². The van der Waals surface area contributed by atoms with Crippen molar-refractivity contribution in [2.75, 3.05) is 6.86 Å². The summed E-state index contributed by atoms with van der Waals surface area (Å²) in [6.45, 7) is 0.580. The lowest BCUT2D eigenvalue weighted by molar-refractivity contribution is 0.184. The quantitative estimate of drug-likeness (QED) is 0.656. The highest BCUT2D eigenvalue weighted by atomic mass is 19.1. The maximum absolute atomic E-state index is 12.7. The molecule has 0 saturated carbocycles. The van der Waals surface area contributed by atoms with Gasteiger partial charge in [-0.25, -0.2) is 13.8 Å². The van der Waals surface area contributed by atoms with Crippen LogP contribution in [-0.4, -0.2) is 11.8 Å². The summed E-state index contributed by atoms with van der Waals surface area (Å²) in [5, 5.41) is 0. The molecule has 1 heterocycles. The van der Waals surface area contributed by atoms with E-state index >= 15 is 0 Å². The van der Waals surface area contributed by atoms with Crippen LogP contribution in [0, 0.1) is 12.7 Å². The van der Waals surface area contributed by atoms with Crippen molar-refractivity contribution in [2.45, 2.75) is 6.92 Å². The number of aromatic nitrogens is 1. The fourth-order valence-corrected chi connectivity index (χ4v) is 0.616. The van der Waals surface area contributed by atoms with Gasteiger partial charge in [-0.3, -0.25) is 0 Å². The Balaban J connectivity index is 2.86. The smallest absolute Gasteiger partial charge is 0.230 e. The van der Waals surface area contributed by atoms with E-state index in [9.17, 15) is 8.78 Å². The van der Waals surface area contributed by atoms with E-state index in [2.05, 4.69) is 9.72 Å². The fraction of sp³-hybridized carbons (Fsp3) is 0.286. The topological polar surface area (TPSA) is 22.1 Å². The zero-order valence-corrected chi connectivity index (χ0v) is 5.97. The van der Waals surface area contributed by atoms with Gasteiger partial charge >= 0.3 is 0 Å². The minimum absolute atomic E-state index is 0.0319. The van der Waals surface area contributed by atoms with Crippen LogP contribution in [0.5, 0.6) is 5.88 Å². The molecule has 0 aliphatic rings. The van der Waals surface area contributed by atoms with Crippen LogP contribution in [0.15, 0.2) is 12.3 Å². The molecule has 0 fully saturated rings. The van der Waals surface area contributed by atoms with Gasteiger partial charge in [-0.2, -0.15) is 0 Å². The van der Waals surface area contributed by atoms with Gasteiger partial charge in [-0.05, 0) is 6.92 Å². The number of hydrogen-bond acceptors (Lipinski definition) is 2. The summed E-state index contributed by atoms with van der Waals surface area (Å²) >= 11 is 0. The molecule has 0 aliphatic carbocycles. The van der Waals surface area contributed by atoms with Gasteiger partial charge in [0.15, 0.2) is 0 Å². The first-order valence-electron chi connectivity index (χ1n) is 3.05. The Morgan fingerprint density at radius 2 is 2.36 bits per heavy atom. The van der Waals surface area contributed by atoms with Crippen molar-refractivity contribution in [3.8, 4) is 5.88 Å². The van der Waals surface area contributed by atoms with Crippen LogP contribution < -0.4 is 4.74 Å². The number of rotatable bonds is 2. The molecular formula is C7H7F2NO. The van der Waals surface area contributed by atoms with Crippen molar-refractivity contribution in [3.05, 3.63) is 23.6 Å². The van der Waals surface area contributed by atoms with Crippen molar-refractivity contribution in [2.24, 2.45) is 0 Å². The molecule has 0 atom stereocenters. The number of halogens is 2. The zero-order valence-electron chi connectivity index (χ0n) is 5.97. The van der Waals surface area contributed by atoms with Gasteiger partial charge in [0.25, 0.3) is 0 Å². The van der Waals surface area contributed by atoms with E-state index in [1.54, 1.807) is 6.92 Å². The minimum atomic E-state index is -0.991. The summed E-state index contributed by atoms with van der Waals surface area (Å²) in [6, 6.07) is 1.05. The Bertz CT molecular complexity index is 252. The maximum Gasteiger partial charge on any atom is 0.230 e. The first-order valence-corrected chi connectivity index (χ1v) is 3.05. The Morgan fingerprint density at radius 1 is 1.64 bits per heavy atom. The molecule has 0 saturated heterocycles. The molecule has 0 unspecified atom stereocenters. The molecule has 2 nitrogen and oxygen atoms in total. The predicted molar refractivity (Wildman–Crippen MR) is 35.5 cm³/mol. The maximum atomic E-state index is 12.7. The average Bonchev–Trinajstić information content (AvgIpc) is 1.98. The van der Waals surface area contributed by atoms with Gasteiger partial charge in [0.1, 0.15) is 5.82 Å². The summed E-state index contributed by atoms with van der Waals surface area (Å²) in [5.74, 6) is -0.473. The molecule has 60 valence electrons. The normalized spacial score (nSPS) is 9.73. The fourth-order valence-electron chi connectivity index (χ4n) is 0.616. The molecule has 1 aromatic heterocycles. The summed E-state index contributed by atoms with van der Waals surface area (Å²) < 4.78 is 28.5. The third kappa shape index (κ3) is 1.86. The predicted octanol–water partition coefficient (Wildman–Crippen LogP) is 1.83. The molecule has 0 spiro atoms. The number of ether oxygens (including phenoxy) is 1. The highest BCUT2D eigenvalue weighted by molar-refractivity contribution is 5.18. The van der Waals surface area contributed by atoms with Crippen molar-refractivity contribution in [1.82, 2.24) is 4.98 Å². The second kappa shape index (κ2) is 3.27. The second-order valence-electron chi connectivity index (χ2n) is 2.03. The first kappa shape index (κ1) is 7.91. The van der Waals surface area contributed by atoms with E-state index in [-0.39, 0.29) is 5.88 Å². The van der Waals surface area contributed by atoms with Crippen LogP contribution in [0.1, 0.15) is 5.56 Å². The van der Waals surface area contributed by atoms with Crippen LogP contribution in [0.25, 0.3) is 0 Å². The summed E-state index contributed by atoms with van der Waals surface area (Å²) in [5.41, 5.74) is 0.413. The monoisotopic (exact) mass is 159 g/mol. The SMILES string of the molecule is Cc1cnc(OCF)cc1F. The minimum Gasteiger partial charge on any atom is -0.446 e. The van der Waals surface area contributed by atoms with E-state index in [1.807, 2.05) is 0 Å². The summed E-state index contributed by atoms with van der Waals surface area (Å²) in [4.78, 5) is 3.63. The molecule has 0 radical (unpaired) electrons. The molecule has 0 aliphatic heterocycles. The first-order chi connectivity index (χ1) is 5.24. The van der Waals surface area contributed by atoms with E-state index in [0.29, 0.717) is 5.56 Å². The molecular weight excluding hydrogens is 152 g/mol. The van der Waals surface area contributed by atoms with E-state index < -0.39 is 12.7 Å². The number of hydrogen-bond donors (Lipinski definition) is 0. The molecule has 0 amide bonds. The molecule has 0 aromatic carbocycles. The van der Waals surface area contributed by atoms with Gasteiger partial charge in [-0.1, -0.05) is 0 Å². The molecule has 4 heteroatoms. The Morgan fingerprint density at radius 3 is 2.91 bits per heavy atom. The highest BCUT2D eigenvalue weighted by Gasteiger charge is 2.00. The van der Waals surface area contributed by atoms with Crippen LogP contribution >= 0.6 is 0 Å². The molecule has 11 heavy (non-hydrogen) atoms. The number of nitrogens with zero attached hydrogens (tertiary/aromatic N) is 1. The van der Waals surface area contributed by atoms with Crippen molar-refractivity contribution in [3.63, 3.8) is 0 Å². The number of pyridine rings is 1. The van der Waals surface area contributed by atoms with Crippen LogP contribution in [0.3, 0.4) is 0 Å². The van der Waals surface area contributed by atoms with E-state index in [1.165, 1.54) is 6.20 Å². The lowest BCUT2D eigenvalue weighted by Crippen LogP contribution is -1.94. The largest absolute Gasteiger partial charge is 0.446 e. The van der Waals surface area contributed by atoms with Gasteiger partial charge in [0.2, 0.25) is 12.7 Å². The number of alkyl halides is 1. The Labute approximate surface area is 62.8 Å². The third-order valence-electron chi connectivity index (χ3n) is 1.21. The lowest BCUT2D eigenvalue weighted by Gasteiger charge is -2.00. The molecule has 0 bridgehead atoms. The van der Waals surface area contributed by atoms with Gasteiger partial charge < -0.3 is 4.74 Å². The average molecular weight is 159 g/mol. The summed E-state index contributed by atoms with van der Waals surface area (Å²) in [7, 11) is 0. The van der Waals surface area contributed by atoms with Gasteiger partial charge in [0.05, 0.1) is 0 Å². The molecule has 0 N–H and O–H groups in total. The van der Waals surface area contributed by atoms with Crippen molar-refractivity contribution < 1.29 is 13.5 Å². The highest BCUT2D eigenvalue weighted by Crippen LogP contribution is 2.11. The standard InChI is InChI=1S/C7H7F2NO/c1-5-3-10-7(11-4-8)2-6(5)9/h2-3H,4H2,1H3. The van der Waals surface area contributed by atoms with Crippen molar-refractivity contribution >= 4 is 0 Å². The third-order valence-corrected chi connectivity index (χ3v) is 1.21. The van der Waals surface area contributed by atoms with E-state index in [0.717, 1.165) is 6.07 Å². The lowest BCUT2D eigenvalue weighted by atomic mass is 10.3. The summed E-state index contributed by atoms with van der Waals surface area (Å²) in [6.07, 6.45) is 1.29. The van der Waals surface area contributed by atoms with Gasteiger partial charge in [0, 0.05) is 17.8 Å². The van der Waals surface area contributed by atoms with Crippen molar-refractivity contribution in [1.29, 1.82) is 0 Å². The zero-order chi connectivity index (χ0) is 8.27. The molecule has 1 aromatic rings. The van der Waals surface area contributed by atoms with Crippen LogP contribution in [0.2, 0.25) is 0 Å². The van der Waals surface area contributed by atoms with Crippen LogP contribution in [0.4, 0.5) is 8.78 Å². The Kier molecular flexibility index (Phi) is 2.36. The number of aryl methyl sites for hydroxylation is 1. The van der Waals surface area contributed by atoms with Crippen LogP contribution in [-0.2, 0) is 0 Å². The Hall–Kier alpha value is -1.19. The van der Waals surface area contributed by atoms with Gasteiger partial charge in [-0.15, -0.1) is 0 Å². The second-order valence-corrected chi connectivity index (χ2v) is 2.03.